The van der Waals surface area contributed by atoms with Crippen LogP contribution in [-0.2, 0) is 0 Å². The number of rotatable bonds is 4. The van der Waals surface area contributed by atoms with Crippen molar-refractivity contribution in [2.75, 3.05) is 26.6 Å². The minimum absolute atomic E-state index is 0.178. The molecule has 1 atom stereocenters. The second kappa shape index (κ2) is 6.29. The summed E-state index contributed by atoms with van der Waals surface area (Å²) >= 11 is 0. The van der Waals surface area contributed by atoms with Crippen LogP contribution in [-0.4, -0.2) is 31.1 Å². The number of anilines is 1. The number of aromatic nitrogens is 2. The first-order chi connectivity index (χ1) is 12.7. The fraction of sp³-hybridized carbons (Fsp3) is 0.250. The van der Waals surface area contributed by atoms with Gasteiger partial charge in [-0.2, -0.15) is 5.10 Å². The summed E-state index contributed by atoms with van der Waals surface area (Å²) in [5.41, 5.74) is 5.22. The van der Waals surface area contributed by atoms with Crippen LogP contribution in [0.1, 0.15) is 17.4 Å². The van der Waals surface area contributed by atoms with Crippen LogP contribution in [0.15, 0.2) is 42.5 Å². The van der Waals surface area contributed by atoms with Crippen LogP contribution in [0.3, 0.4) is 0 Å². The number of benzene rings is 2. The van der Waals surface area contributed by atoms with Gasteiger partial charge in [-0.15, -0.1) is 0 Å². The maximum absolute atomic E-state index is 5.51. The van der Waals surface area contributed by atoms with Crippen molar-refractivity contribution in [1.82, 2.24) is 9.78 Å². The van der Waals surface area contributed by atoms with E-state index in [9.17, 15) is 0 Å². The lowest BCUT2D eigenvalue weighted by molar-refractivity contribution is 0.323. The van der Waals surface area contributed by atoms with Crippen molar-refractivity contribution in [3.05, 3.63) is 53.7 Å². The van der Waals surface area contributed by atoms with Crippen molar-refractivity contribution in [2.45, 2.75) is 13.1 Å². The Morgan fingerprint density at radius 3 is 2.31 bits per heavy atom. The van der Waals surface area contributed by atoms with Gasteiger partial charge in [0, 0.05) is 16.8 Å². The number of ether oxygens (including phenoxy) is 3. The molecule has 1 N–H and O–H groups in total. The van der Waals surface area contributed by atoms with Crippen LogP contribution in [0.5, 0.6) is 17.2 Å². The van der Waals surface area contributed by atoms with Crippen LogP contribution in [0.4, 0.5) is 5.69 Å². The molecule has 134 valence electrons. The zero-order chi connectivity index (χ0) is 18.3. The molecule has 0 radical (unpaired) electrons. The molecular weight excluding hydrogens is 330 g/mol. The fourth-order valence-corrected chi connectivity index (χ4v) is 3.44. The van der Waals surface area contributed by atoms with Gasteiger partial charge in [0.15, 0.2) is 11.5 Å². The van der Waals surface area contributed by atoms with Crippen LogP contribution in [0.25, 0.3) is 11.3 Å². The lowest BCUT2D eigenvalue weighted by atomic mass is 10.0. The molecular formula is C20H21N3O3. The predicted molar refractivity (Wildman–Crippen MR) is 100 cm³/mol. The van der Waals surface area contributed by atoms with Gasteiger partial charge < -0.3 is 19.5 Å². The van der Waals surface area contributed by atoms with E-state index < -0.39 is 0 Å². The zero-order valence-corrected chi connectivity index (χ0v) is 15.2. The Bertz CT molecular complexity index is 940. The molecule has 0 unspecified atom stereocenters. The highest BCUT2D eigenvalue weighted by atomic mass is 16.5. The van der Waals surface area contributed by atoms with Crippen molar-refractivity contribution in [1.29, 1.82) is 0 Å². The van der Waals surface area contributed by atoms with Gasteiger partial charge in [-0.1, -0.05) is 18.2 Å². The van der Waals surface area contributed by atoms with E-state index in [-0.39, 0.29) is 6.17 Å². The van der Waals surface area contributed by atoms with E-state index >= 15 is 0 Å². The molecule has 0 saturated heterocycles. The van der Waals surface area contributed by atoms with Crippen LogP contribution < -0.4 is 19.5 Å². The summed E-state index contributed by atoms with van der Waals surface area (Å²) in [6.45, 7) is 2.00. The second-order valence-electron chi connectivity index (χ2n) is 6.17. The molecule has 26 heavy (non-hydrogen) atoms. The smallest absolute Gasteiger partial charge is 0.203 e. The molecule has 2 heterocycles. The van der Waals surface area contributed by atoms with Gasteiger partial charge in [0.25, 0.3) is 0 Å². The highest BCUT2D eigenvalue weighted by Gasteiger charge is 2.28. The third kappa shape index (κ3) is 2.45. The van der Waals surface area contributed by atoms with Crippen LogP contribution in [0, 0.1) is 6.92 Å². The van der Waals surface area contributed by atoms with E-state index in [2.05, 4.69) is 23.5 Å². The molecule has 1 aromatic heterocycles. The highest BCUT2D eigenvalue weighted by Crippen LogP contribution is 2.43. The number of hydrogen-bond donors (Lipinski definition) is 1. The molecule has 0 aliphatic carbocycles. The SMILES string of the molecule is COc1cc([C@H]2Nc3ccccc3-c3cc(C)nn32)cc(OC)c1OC. The molecule has 0 bridgehead atoms. The highest BCUT2D eigenvalue weighted by molar-refractivity contribution is 5.78. The van der Waals surface area contributed by atoms with Gasteiger partial charge >= 0.3 is 0 Å². The molecule has 6 nitrogen and oxygen atoms in total. The summed E-state index contributed by atoms with van der Waals surface area (Å²) in [5, 5.41) is 8.27. The Hall–Kier alpha value is -3.15. The average molecular weight is 351 g/mol. The Morgan fingerprint density at radius 1 is 0.962 bits per heavy atom. The first-order valence-electron chi connectivity index (χ1n) is 8.38. The predicted octanol–water partition coefficient (Wildman–Crippen LogP) is 3.86. The van der Waals surface area contributed by atoms with E-state index in [0.717, 1.165) is 28.2 Å². The van der Waals surface area contributed by atoms with E-state index in [0.29, 0.717) is 17.2 Å². The third-order valence-electron chi connectivity index (χ3n) is 4.60. The maximum atomic E-state index is 5.51. The Balaban J connectivity index is 1.89. The summed E-state index contributed by atoms with van der Waals surface area (Å²) in [4.78, 5) is 0. The number of methoxy groups -OCH3 is 3. The van der Waals surface area contributed by atoms with Crippen molar-refractivity contribution >= 4 is 5.69 Å². The number of nitrogens with zero attached hydrogens (tertiary/aromatic N) is 2. The molecule has 6 heteroatoms. The van der Waals surface area contributed by atoms with Crippen LogP contribution in [0.2, 0.25) is 0 Å². The Labute approximate surface area is 152 Å². The van der Waals surface area contributed by atoms with E-state index in [4.69, 9.17) is 19.3 Å². The summed E-state index contributed by atoms with van der Waals surface area (Å²) in [7, 11) is 4.84. The van der Waals surface area contributed by atoms with Crippen molar-refractivity contribution in [3.63, 3.8) is 0 Å². The molecule has 0 saturated carbocycles. The topological polar surface area (TPSA) is 57.5 Å². The van der Waals surface area contributed by atoms with Gasteiger partial charge in [-0.25, -0.2) is 4.68 Å². The largest absolute Gasteiger partial charge is 0.493 e. The number of fused-ring (bicyclic) bond motifs is 3. The molecule has 2 aromatic carbocycles. The summed E-state index contributed by atoms with van der Waals surface area (Å²) in [6, 6.07) is 14.2. The van der Waals surface area contributed by atoms with Gasteiger partial charge in [0.2, 0.25) is 5.75 Å². The van der Waals surface area contributed by atoms with Gasteiger partial charge in [-0.3, -0.25) is 0 Å². The zero-order valence-electron chi connectivity index (χ0n) is 15.2. The molecule has 1 aliphatic rings. The molecule has 0 fully saturated rings. The van der Waals surface area contributed by atoms with Gasteiger partial charge in [0.1, 0.15) is 6.17 Å². The quantitative estimate of drug-likeness (QED) is 0.773. The number of aryl methyl sites for hydroxylation is 1. The van der Waals surface area contributed by atoms with Crippen LogP contribution >= 0.6 is 0 Å². The van der Waals surface area contributed by atoms with E-state index in [1.807, 2.05) is 35.9 Å². The number of nitrogens with one attached hydrogen (secondary N) is 1. The fourth-order valence-electron chi connectivity index (χ4n) is 3.44. The monoisotopic (exact) mass is 351 g/mol. The Morgan fingerprint density at radius 2 is 1.65 bits per heavy atom. The molecule has 1 aliphatic heterocycles. The standard InChI is InChI=1S/C20H21N3O3/c1-12-9-16-14-7-5-6-8-15(14)21-20(23(16)22-12)13-10-17(24-2)19(26-4)18(11-13)25-3/h5-11,20-21H,1-4H3/t20-/m0/s1. The van der Waals surface area contributed by atoms with E-state index in [1.165, 1.54) is 0 Å². The molecule has 0 amide bonds. The summed E-state index contributed by atoms with van der Waals surface area (Å²) in [6.07, 6.45) is -0.178. The lowest BCUT2D eigenvalue weighted by Crippen LogP contribution is -2.25. The summed E-state index contributed by atoms with van der Waals surface area (Å²) in [5.74, 6) is 1.81. The normalized spacial score (nSPS) is 14.8. The summed E-state index contributed by atoms with van der Waals surface area (Å²) < 4.78 is 18.5. The second-order valence-corrected chi connectivity index (χ2v) is 6.17. The van der Waals surface area contributed by atoms with Gasteiger partial charge in [-0.05, 0) is 31.2 Å². The average Bonchev–Trinajstić information content (AvgIpc) is 3.07. The molecule has 4 rings (SSSR count). The Kier molecular flexibility index (Phi) is 3.95. The van der Waals surface area contributed by atoms with E-state index in [1.54, 1.807) is 21.3 Å². The third-order valence-corrected chi connectivity index (χ3v) is 4.60. The van der Waals surface area contributed by atoms with Crippen molar-refractivity contribution in [2.24, 2.45) is 0 Å². The molecule has 0 spiro atoms. The minimum Gasteiger partial charge on any atom is -0.493 e. The van der Waals surface area contributed by atoms with Crippen molar-refractivity contribution in [3.8, 4) is 28.5 Å². The number of para-hydroxylation sites is 1. The van der Waals surface area contributed by atoms with Gasteiger partial charge in [0.05, 0.1) is 32.7 Å². The first kappa shape index (κ1) is 16.3. The maximum Gasteiger partial charge on any atom is 0.203 e. The molecule has 3 aromatic rings. The van der Waals surface area contributed by atoms with Crippen molar-refractivity contribution < 1.29 is 14.2 Å². The first-order valence-corrected chi connectivity index (χ1v) is 8.38. The number of hydrogen-bond acceptors (Lipinski definition) is 5. The minimum atomic E-state index is -0.178. The lowest BCUT2D eigenvalue weighted by Gasteiger charge is -2.30.